The topological polar surface area (TPSA) is 88.5 Å². The van der Waals surface area contributed by atoms with Gasteiger partial charge in [-0.25, -0.2) is 9.29 Å². The Hall–Kier alpha value is -3.44. The Morgan fingerprint density at radius 2 is 1.68 bits per heavy atom. The van der Waals surface area contributed by atoms with Gasteiger partial charge in [0.25, 0.3) is 0 Å². The van der Waals surface area contributed by atoms with E-state index in [1.165, 1.54) is 28.8 Å². The molecule has 3 aromatic carbocycles. The highest BCUT2D eigenvalue weighted by Crippen LogP contribution is 2.55. The number of halogens is 3. The maximum Gasteiger partial charge on any atom is 0.308 e. The van der Waals surface area contributed by atoms with Gasteiger partial charge in [0.1, 0.15) is 17.6 Å². The van der Waals surface area contributed by atoms with Crippen molar-refractivity contribution in [3.63, 3.8) is 0 Å². The van der Waals surface area contributed by atoms with Crippen LogP contribution in [-0.2, 0) is 20.9 Å². The van der Waals surface area contributed by atoms with E-state index in [2.05, 4.69) is 5.32 Å². The van der Waals surface area contributed by atoms with Crippen LogP contribution >= 0.6 is 46.3 Å². The number of nitrogens with zero attached hydrogens (tertiary/aromatic N) is 2. The van der Waals surface area contributed by atoms with Crippen molar-refractivity contribution in [2.24, 2.45) is 5.92 Å². The van der Waals surface area contributed by atoms with Crippen LogP contribution in [0.3, 0.4) is 0 Å². The standard InChI is InChI=1S/C29H20Cl2FN3O4S2/c1-14-5-9-16(10-6-14)33-20(36)13-34-28-25(41-29(34)39)21(18-3-2-4-19(30)23(18)31)22-24(40-28)27(38)35(26(22)37)17-11-7-15(32)8-12-17/h2-12,21-22,24H,13H2,1H3,(H,33,36). The molecule has 12 heteroatoms. The summed E-state index contributed by atoms with van der Waals surface area (Å²) in [6.45, 7) is 1.64. The smallest absolute Gasteiger partial charge is 0.308 e. The molecule has 208 valence electrons. The molecule has 1 saturated heterocycles. The predicted octanol–water partition coefficient (Wildman–Crippen LogP) is 6.10. The number of carbonyl (C=O) groups excluding carboxylic acids is 3. The second-order valence-corrected chi connectivity index (χ2v) is 12.6. The van der Waals surface area contributed by atoms with Gasteiger partial charge in [-0.15, -0.1) is 0 Å². The molecule has 0 aliphatic carbocycles. The molecule has 3 amide bonds. The lowest BCUT2D eigenvalue weighted by Crippen LogP contribution is -2.33. The number of hydrogen-bond donors (Lipinski definition) is 1. The number of imide groups is 1. The van der Waals surface area contributed by atoms with E-state index in [-0.39, 0.29) is 22.3 Å². The summed E-state index contributed by atoms with van der Waals surface area (Å²) in [4.78, 5) is 55.1. The molecule has 0 saturated carbocycles. The summed E-state index contributed by atoms with van der Waals surface area (Å²) < 4.78 is 15.0. The maximum absolute atomic E-state index is 13.9. The fourth-order valence-electron chi connectivity index (χ4n) is 5.18. The first-order valence-corrected chi connectivity index (χ1v) is 14.9. The van der Waals surface area contributed by atoms with Crippen LogP contribution in [0.5, 0.6) is 0 Å². The van der Waals surface area contributed by atoms with Crippen LogP contribution in [0, 0.1) is 18.7 Å². The van der Waals surface area contributed by atoms with Crippen LogP contribution in [0.25, 0.3) is 0 Å². The van der Waals surface area contributed by atoms with Crippen LogP contribution in [0.15, 0.2) is 76.6 Å². The molecule has 3 atom stereocenters. The van der Waals surface area contributed by atoms with E-state index >= 15 is 0 Å². The minimum atomic E-state index is -0.916. The number of hydrogen-bond acceptors (Lipinski definition) is 6. The molecule has 1 aromatic heterocycles. The van der Waals surface area contributed by atoms with E-state index in [1.807, 2.05) is 19.1 Å². The first-order valence-electron chi connectivity index (χ1n) is 12.5. The molecular weight excluding hydrogens is 608 g/mol. The lowest BCUT2D eigenvalue weighted by molar-refractivity contribution is -0.122. The zero-order chi connectivity index (χ0) is 29.0. The molecule has 2 aliphatic heterocycles. The summed E-state index contributed by atoms with van der Waals surface area (Å²) in [6, 6.07) is 17.4. The van der Waals surface area contributed by atoms with Gasteiger partial charge in [-0.3, -0.25) is 23.7 Å². The Kier molecular flexibility index (Phi) is 7.27. The van der Waals surface area contributed by atoms with Crippen LogP contribution < -0.4 is 15.1 Å². The summed E-state index contributed by atoms with van der Waals surface area (Å²) in [5.41, 5.74) is 2.36. The Balaban J connectivity index is 1.43. The number of aromatic nitrogens is 1. The van der Waals surface area contributed by atoms with Crippen LogP contribution in [0.2, 0.25) is 10.0 Å². The number of thiazole rings is 1. The molecule has 7 nitrogen and oxygen atoms in total. The number of rotatable bonds is 5. The Bertz CT molecular complexity index is 1770. The molecular formula is C29H20Cl2FN3O4S2. The number of anilines is 2. The van der Waals surface area contributed by atoms with Gasteiger partial charge in [-0.2, -0.15) is 0 Å². The van der Waals surface area contributed by atoms with E-state index in [1.54, 1.807) is 30.3 Å². The molecule has 0 radical (unpaired) electrons. The van der Waals surface area contributed by atoms with Crippen LogP contribution in [0.4, 0.5) is 15.8 Å². The SMILES string of the molecule is Cc1ccc(NC(=O)Cn2c3c(sc2=O)C(c2cccc(Cl)c2Cl)C2C(=O)N(c4ccc(F)cc4)C(=O)C2S3)cc1. The quantitative estimate of drug-likeness (QED) is 0.270. The molecule has 1 N–H and O–H groups in total. The molecule has 1 fully saturated rings. The number of aryl methyl sites for hydroxylation is 1. The number of benzene rings is 3. The van der Waals surface area contributed by atoms with E-state index < -0.39 is 45.5 Å². The first kappa shape index (κ1) is 27.7. The number of thioether (sulfide) groups is 1. The third-order valence-corrected chi connectivity index (χ3v) is 10.5. The fraction of sp³-hybridized carbons (Fsp3) is 0.172. The van der Waals surface area contributed by atoms with Gasteiger partial charge in [0.05, 0.1) is 26.7 Å². The summed E-state index contributed by atoms with van der Waals surface area (Å²) >= 11 is 15.0. The highest BCUT2D eigenvalue weighted by atomic mass is 35.5. The normalized spacial score (nSPS) is 19.7. The molecule has 3 heterocycles. The van der Waals surface area contributed by atoms with E-state index in [0.717, 1.165) is 33.6 Å². The second kappa shape index (κ2) is 10.8. The van der Waals surface area contributed by atoms with E-state index in [4.69, 9.17) is 23.2 Å². The molecule has 41 heavy (non-hydrogen) atoms. The van der Waals surface area contributed by atoms with Crippen molar-refractivity contribution in [3.8, 4) is 0 Å². The summed E-state index contributed by atoms with van der Waals surface area (Å²) in [5.74, 6) is -3.59. The van der Waals surface area contributed by atoms with Crippen molar-refractivity contribution in [3.05, 3.63) is 108 Å². The monoisotopic (exact) mass is 627 g/mol. The maximum atomic E-state index is 13.9. The van der Waals surface area contributed by atoms with Gasteiger partial charge < -0.3 is 5.32 Å². The number of nitrogens with one attached hydrogen (secondary N) is 1. The fourth-order valence-corrected chi connectivity index (χ4v) is 8.37. The largest absolute Gasteiger partial charge is 0.325 e. The molecule has 3 unspecified atom stereocenters. The van der Waals surface area contributed by atoms with Crippen LogP contribution in [-0.4, -0.2) is 27.5 Å². The number of carbonyl (C=O) groups is 3. The zero-order valence-corrected chi connectivity index (χ0v) is 24.4. The van der Waals surface area contributed by atoms with Crippen LogP contribution in [0.1, 0.15) is 21.9 Å². The second-order valence-electron chi connectivity index (χ2n) is 9.71. The highest BCUT2D eigenvalue weighted by Gasteiger charge is 2.57. The van der Waals surface area contributed by atoms with E-state index in [0.29, 0.717) is 21.2 Å². The molecule has 6 rings (SSSR count). The van der Waals surface area contributed by atoms with Crippen molar-refractivity contribution in [2.45, 2.75) is 29.7 Å². The lowest BCUT2D eigenvalue weighted by atomic mass is 9.83. The van der Waals surface area contributed by atoms with Crippen molar-refractivity contribution in [1.82, 2.24) is 4.57 Å². The molecule has 4 aromatic rings. The summed E-state index contributed by atoms with van der Waals surface area (Å²) in [7, 11) is 0. The van der Waals surface area contributed by atoms with Crippen molar-refractivity contribution >= 4 is 75.4 Å². The Morgan fingerprint density at radius 1 is 0.976 bits per heavy atom. The third kappa shape index (κ3) is 4.88. The minimum Gasteiger partial charge on any atom is -0.325 e. The first-order chi connectivity index (χ1) is 19.6. The summed E-state index contributed by atoms with van der Waals surface area (Å²) in [5, 5.41) is 2.77. The molecule has 0 bridgehead atoms. The molecule has 2 aliphatic rings. The van der Waals surface area contributed by atoms with Gasteiger partial charge >= 0.3 is 4.87 Å². The molecule has 0 spiro atoms. The highest BCUT2D eigenvalue weighted by molar-refractivity contribution is 8.00. The minimum absolute atomic E-state index is 0.209. The number of fused-ring (bicyclic) bond motifs is 2. The predicted molar refractivity (Wildman–Crippen MR) is 159 cm³/mol. The summed E-state index contributed by atoms with van der Waals surface area (Å²) in [6.07, 6.45) is 0. The van der Waals surface area contributed by atoms with Gasteiger partial charge in [0.2, 0.25) is 17.7 Å². The zero-order valence-electron chi connectivity index (χ0n) is 21.3. The van der Waals surface area contributed by atoms with Gasteiger partial charge in [0.15, 0.2) is 0 Å². The average molecular weight is 629 g/mol. The van der Waals surface area contributed by atoms with Gasteiger partial charge in [-0.05, 0) is 55.0 Å². The lowest BCUT2D eigenvalue weighted by Gasteiger charge is -2.31. The van der Waals surface area contributed by atoms with Gasteiger partial charge in [0, 0.05) is 16.5 Å². The van der Waals surface area contributed by atoms with Gasteiger partial charge in [-0.1, -0.05) is 76.1 Å². The van der Waals surface area contributed by atoms with E-state index in [9.17, 15) is 23.6 Å². The Labute approximate surface area is 251 Å². The number of amides is 3. The Morgan fingerprint density at radius 3 is 2.39 bits per heavy atom. The third-order valence-electron chi connectivity index (χ3n) is 7.09. The van der Waals surface area contributed by atoms with Crippen molar-refractivity contribution in [1.29, 1.82) is 0 Å². The van der Waals surface area contributed by atoms with Crippen molar-refractivity contribution in [2.75, 3.05) is 10.2 Å². The average Bonchev–Trinajstić information content (AvgIpc) is 3.38. The van der Waals surface area contributed by atoms with Crippen molar-refractivity contribution < 1.29 is 18.8 Å².